The fourth-order valence-corrected chi connectivity index (χ4v) is 2.35. The fourth-order valence-electron chi connectivity index (χ4n) is 1.91. The Morgan fingerprint density at radius 2 is 1.85 bits per heavy atom. The van der Waals surface area contributed by atoms with E-state index in [1.54, 1.807) is 7.11 Å². The number of aromatic nitrogens is 1. The van der Waals surface area contributed by atoms with Gasteiger partial charge in [-0.05, 0) is 46.3 Å². The number of benzene rings is 2. The first-order chi connectivity index (χ1) is 9.76. The van der Waals surface area contributed by atoms with E-state index in [0.29, 0.717) is 11.6 Å². The van der Waals surface area contributed by atoms with Gasteiger partial charge in [0.2, 0.25) is 5.88 Å². The molecular formula is C16H12BrNO2. The van der Waals surface area contributed by atoms with Crippen molar-refractivity contribution in [3.63, 3.8) is 0 Å². The van der Waals surface area contributed by atoms with Crippen LogP contribution in [0.15, 0.2) is 59.1 Å². The molecule has 20 heavy (non-hydrogen) atoms. The Morgan fingerprint density at radius 3 is 2.65 bits per heavy atom. The quantitative estimate of drug-likeness (QED) is 0.691. The Labute approximate surface area is 125 Å². The number of hydrogen-bond donors (Lipinski definition) is 0. The molecular weight excluding hydrogens is 318 g/mol. The highest BCUT2D eigenvalue weighted by Crippen LogP contribution is 2.32. The molecule has 0 radical (unpaired) electrons. The lowest BCUT2D eigenvalue weighted by atomic mass is 10.2. The van der Waals surface area contributed by atoms with Crippen molar-refractivity contribution < 1.29 is 9.47 Å². The first kappa shape index (κ1) is 12.9. The van der Waals surface area contributed by atoms with Gasteiger partial charge in [0.15, 0.2) is 0 Å². The maximum atomic E-state index is 5.80. The minimum absolute atomic E-state index is 0.564. The largest absolute Gasteiger partial charge is 0.497 e. The smallest absolute Gasteiger partial charge is 0.219 e. The summed E-state index contributed by atoms with van der Waals surface area (Å²) in [6.07, 6.45) is 0. The van der Waals surface area contributed by atoms with Crippen LogP contribution in [0, 0.1) is 0 Å². The Bertz CT molecular complexity index is 758. The van der Waals surface area contributed by atoms with Crippen LogP contribution in [-0.4, -0.2) is 12.1 Å². The summed E-state index contributed by atoms with van der Waals surface area (Å²) in [6.45, 7) is 0. The Morgan fingerprint density at radius 1 is 1.00 bits per heavy atom. The zero-order chi connectivity index (χ0) is 13.9. The van der Waals surface area contributed by atoms with E-state index in [-0.39, 0.29) is 0 Å². The molecule has 0 aliphatic heterocycles. The predicted octanol–water partition coefficient (Wildman–Crippen LogP) is 4.80. The summed E-state index contributed by atoms with van der Waals surface area (Å²) in [7, 11) is 1.63. The van der Waals surface area contributed by atoms with Gasteiger partial charge in [-0.15, -0.1) is 0 Å². The third-order valence-corrected chi connectivity index (χ3v) is 3.55. The van der Waals surface area contributed by atoms with Gasteiger partial charge in [-0.1, -0.05) is 18.2 Å². The molecule has 0 saturated carbocycles. The molecule has 0 aliphatic rings. The molecule has 3 rings (SSSR count). The summed E-state index contributed by atoms with van der Waals surface area (Å²) < 4.78 is 11.8. The molecule has 0 fully saturated rings. The molecule has 2 aromatic carbocycles. The van der Waals surface area contributed by atoms with Gasteiger partial charge < -0.3 is 9.47 Å². The normalized spacial score (nSPS) is 10.5. The minimum atomic E-state index is 0.564. The van der Waals surface area contributed by atoms with Crippen LogP contribution in [-0.2, 0) is 0 Å². The number of hydrogen-bond acceptors (Lipinski definition) is 3. The molecule has 0 aliphatic carbocycles. The number of nitrogens with zero attached hydrogens (tertiary/aromatic N) is 1. The van der Waals surface area contributed by atoms with Gasteiger partial charge in [-0.3, -0.25) is 0 Å². The van der Waals surface area contributed by atoms with Gasteiger partial charge in [0, 0.05) is 11.5 Å². The summed E-state index contributed by atoms with van der Waals surface area (Å²) >= 11 is 3.46. The fraction of sp³-hybridized carbons (Fsp3) is 0.0625. The van der Waals surface area contributed by atoms with E-state index in [9.17, 15) is 0 Å². The number of methoxy groups -OCH3 is 1. The van der Waals surface area contributed by atoms with Crippen LogP contribution in [0.3, 0.4) is 0 Å². The summed E-state index contributed by atoms with van der Waals surface area (Å²) in [5, 5.41) is 1.09. The standard InChI is InChI=1S/C16H12BrNO2/c1-19-12-7-8-15(13(17)10-12)20-16-9-6-11-4-2-3-5-14(11)18-16/h2-10H,1H3. The molecule has 1 heterocycles. The van der Waals surface area contributed by atoms with Crippen LogP contribution < -0.4 is 9.47 Å². The molecule has 0 atom stereocenters. The third kappa shape index (κ3) is 2.60. The van der Waals surface area contributed by atoms with Gasteiger partial charge in [0.1, 0.15) is 11.5 Å². The van der Waals surface area contributed by atoms with Gasteiger partial charge in [0.25, 0.3) is 0 Å². The minimum Gasteiger partial charge on any atom is -0.497 e. The molecule has 0 spiro atoms. The summed E-state index contributed by atoms with van der Waals surface area (Å²) in [5.74, 6) is 2.04. The van der Waals surface area contributed by atoms with E-state index >= 15 is 0 Å². The van der Waals surface area contributed by atoms with E-state index in [0.717, 1.165) is 21.1 Å². The number of para-hydroxylation sites is 1. The van der Waals surface area contributed by atoms with Crippen LogP contribution in [0.4, 0.5) is 0 Å². The third-order valence-electron chi connectivity index (χ3n) is 2.93. The summed E-state index contributed by atoms with van der Waals surface area (Å²) in [4.78, 5) is 4.48. The van der Waals surface area contributed by atoms with Crippen LogP contribution in [0.5, 0.6) is 17.4 Å². The zero-order valence-corrected chi connectivity index (χ0v) is 12.4. The Kier molecular flexibility index (Phi) is 3.56. The highest BCUT2D eigenvalue weighted by Gasteiger charge is 2.06. The number of pyridine rings is 1. The summed E-state index contributed by atoms with van der Waals surface area (Å²) in [6, 6.07) is 17.3. The lowest BCUT2D eigenvalue weighted by Gasteiger charge is -2.09. The Hall–Kier alpha value is -2.07. The van der Waals surface area contributed by atoms with Crippen molar-refractivity contribution in [1.29, 1.82) is 0 Å². The SMILES string of the molecule is COc1ccc(Oc2ccc3ccccc3n2)c(Br)c1. The van der Waals surface area contributed by atoms with Crippen molar-refractivity contribution in [2.75, 3.05) is 7.11 Å². The predicted molar refractivity (Wildman–Crippen MR) is 82.5 cm³/mol. The average molecular weight is 330 g/mol. The van der Waals surface area contributed by atoms with Crippen molar-refractivity contribution in [3.05, 3.63) is 59.1 Å². The van der Waals surface area contributed by atoms with Gasteiger partial charge in [-0.2, -0.15) is 0 Å². The maximum absolute atomic E-state index is 5.80. The van der Waals surface area contributed by atoms with Crippen LogP contribution in [0.25, 0.3) is 10.9 Å². The van der Waals surface area contributed by atoms with Crippen LogP contribution in [0.1, 0.15) is 0 Å². The molecule has 0 bridgehead atoms. The van der Waals surface area contributed by atoms with Crippen LogP contribution >= 0.6 is 15.9 Å². The molecule has 4 heteroatoms. The van der Waals surface area contributed by atoms with Crippen LogP contribution in [0.2, 0.25) is 0 Å². The highest BCUT2D eigenvalue weighted by molar-refractivity contribution is 9.10. The van der Waals surface area contributed by atoms with E-state index < -0.39 is 0 Å². The number of ether oxygens (including phenoxy) is 2. The zero-order valence-electron chi connectivity index (χ0n) is 10.8. The first-order valence-electron chi connectivity index (χ1n) is 6.13. The van der Waals surface area contributed by atoms with Gasteiger partial charge in [0.05, 0.1) is 17.1 Å². The van der Waals surface area contributed by atoms with Crippen molar-refractivity contribution in [1.82, 2.24) is 4.98 Å². The molecule has 3 nitrogen and oxygen atoms in total. The van der Waals surface area contributed by atoms with E-state index in [1.165, 1.54) is 0 Å². The summed E-state index contributed by atoms with van der Waals surface area (Å²) in [5.41, 5.74) is 0.912. The van der Waals surface area contributed by atoms with Crippen molar-refractivity contribution in [3.8, 4) is 17.4 Å². The Balaban J connectivity index is 1.92. The lowest BCUT2D eigenvalue weighted by molar-refractivity contribution is 0.411. The number of halogens is 1. The van der Waals surface area contributed by atoms with Gasteiger partial charge in [-0.25, -0.2) is 4.98 Å². The van der Waals surface area contributed by atoms with Gasteiger partial charge >= 0.3 is 0 Å². The molecule has 1 aromatic heterocycles. The molecule has 0 N–H and O–H groups in total. The number of fused-ring (bicyclic) bond motifs is 1. The maximum Gasteiger partial charge on any atom is 0.219 e. The number of rotatable bonds is 3. The van der Waals surface area contributed by atoms with Crippen molar-refractivity contribution in [2.45, 2.75) is 0 Å². The molecule has 3 aromatic rings. The average Bonchev–Trinajstić information content (AvgIpc) is 2.49. The topological polar surface area (TPSA) is 31.4 Å². The highest BCUT2D eigenvalue weighted by atomic mass is 79.9. The van der Waals surface area contributed by atoms with Crippen molar-refractivity contribution >= 4 is 26.8 Å². The molecule has 0 saturated heterocycles. The van der Waals surface area contributed by atoms with Crippen molar-refractivity contribution in [2.24, 2.45) is 0 Å². The second-order valence-corrected chi connectivity index (χ2v) is 5.09. The molecule has 0 amide bonds. The van der Waals surface area contributed by atoms with E-state index in [4.69, 9.17) is 9.47 Å². The molecule has 100 valence electrons. The van der Waals surface area contributed by atoms with E-state index in [1.807, 2.05) is 54.6 Å². The monoisotopic (exact) mass is 329 g/mol. The second-order valence-electron chi connectivity index (χ2n) is 4.24. The van der Waals surface area contributed by atoms with E-state index in [2.05, 4.69) is 20.9 Å². The molecule has 0 unspecified atom stereocenters. The first-order valence-corrected chi connectivity index (χ1v) is 6.93. The lowest BCUT2D eigenvalue weighted by Crippen LogP contribution is -1.90. The second kappa shape index (κ2) is 5.51.